The van der Waals surface area contributed by atoms with E-state index in [2.05, 4.69) is 30.9 Å². The van der Waals surface area contributed by atoms with Crippen LogP contribution in [0, 0.1) is 17.8 Å². The molecule has 0 spiro atoms. The predicted octanol–water partition coefficient (Wildman–Crippen LogP) is 3.11. The van der Waals surface area contributed by atoms with Crippen LogP contribution in [0.4, 0.5) is 16.0 Å². The van der Waals surface area contributed by atoms with Crippen molar-refractivity contribution >= 4 is 29.1 Å². The van der Waals surface area contributed by atoms with Gasteiger partial charge in [-0.15, -0.1) is 0 Å². The van der Waals surface area contributed by atoms with Gasteiger partial charge in [0, 0.05) is 38.1 Å². The van der Waals surface area contributed by atoms with Gasteiger partial charge in [0.25, 0.3) is 0 Å². The van der Waals surface area contributed by atoms with Crippen LogP contribution in [0.5, 0.6) is 0 Å². The highest BCUT2D eigenvalue weighted by Crippen LogP contribution is 2.30. The van der Waals surface area contributed by atoms with Crippen LogP contribution >= 0.6 is 11.6 Å². The van der Waals surface area contributed by atoms with Gasteiger partial charge in [-0.25, -0.2) is 15.0 Å². The Balaban J connectivity index is 1.49. The van der Waals surface area contributed by atoms with Crippen LogP contribution in [0.1, 0.15) is 25.7 Å². The van der Waals surface area contributed by atoms with E-state index in [0.717, 1.165) is 45.4 Å². The molecule has 1 atom stereocenters. The third-order valence-corrected chi connectivity index (χ3v) is 5.97. The van der Waals surface area contributed by atoms with E-state index in [0.29, 0.717) is 36.2 Å². The number of piperidine rings is 1. The molecule has 4 rings (SSSR count). The van der Waals surface area contributed by atoms with Crippen LogP contribution in [0.15, 0.2) is 18.5 Å². The molecule has 0 radical (unpaired) electrons. The number of carbonyl (C=O) groups is 1. The molecule has 10 heteroatoms. The van der Waals surface area contributed by atoms with E-state index >= 15 is 0 Å². The lowest BCUT2D eigenvalue weighted by atomic mass is 9.99. The highest BCUT2D eigenvalue weighted by Gasteiger charge is 2.22. The minimum absolute atomic E-state index is 0.0132. The van der Waals surface area contributed by atoms with Crippen molar-refractivity contribution in [2.75, 3.05) is 43.5 Å². The third-order valence-electron chi connectivity index (χ3n) is 5.67. The molecule has 2 aliphatic heterocycles. The van der Waals surface area contributed by atoms with Crippen LogP contribution < -0.4 is 16.0 Å². The van der Waals surface area contributed by atoms with Crippen molar-refractivity contribution in [1.29, 1.82) is 0 Å². The molecule has 2 aromatic rings. The van der Waals surface area contributed by atoms with E-state index in [1.54, 1.807) is 0 Å². The smallest absolute Gasteiger partial charge is 0.239 e. The Morgan fingerprint density at radius 2 is 2.06 bits per heavy atom. The maximum absolute atomic E-state index is 14.5. The van der Waals surface area contributed by atoms with Crippen molar-refractivity contribution in [3.05, 3.63) is 29.4 Å². The van der Waals surface area contributed by atoms with Gasteiger partial charge >= 0.3 is 0 Å². The fourth-order valence-corrected chi connectivity index (χ4v) is 4.02. The molecular formula is C21H26ClFN6O2. The number of nitrogens with zero attached hydrogens (tertiary/aromatic N) is 3. The lowest BCUT2D eigenvalue weighted by Gasteiger charge is -2.22. The molecule has 1 amide bonds. The summed E-state index contributed by atoms with van der Waals surface area (Å²) in [6.07, 6.45) is 6.47. The number of anilines is 2. The highest BCUT2D eigenvalue weighted by molar-refractivity contribution is 6.33. The Kier molecular flexibility index (Phi) is 7.26. The van der Waals surface area contributed by atoms with E-state index in [1.165, 1.54) is 18.5 Å². The van der Waals surface area contributed by atoms with E-state index in [9.17, 15) is 9.18 Å². The van der Waals surface area contributed by atoms with Crippen LogP contribution in [0.25, 0.3) is 11.3 Å². The summed E-state index contributed by atoms with van der Waals surface area (Å²) >= 11 is 6.29. The molecule has 2 fully saturated rings. The average molecular weight is 449 g/mol. The summed E-state index contributed by atoms with van der Waals surface area (Å²) in [6, 6.07) is 1.53. The molecule has 166 valence electrons. The second kappa shape index (κ2) is 10.3. The van der Waals surface area contributed by atoms with Gasteiger partial charge in [0.1, 0.15) is 17.3 Å². The standard InChI is InChI=1S/C21H26ClFN6O2/c22-16-11-26-17(29-21(30)14-2-1-5-24-10-14)8-15(16)19-20(23)27-12-18(28-19)25-9-13-3-6-31-7-4-13/h8,11-14,24H,1-7,9-10H2,(H,25,28)(H,26,29,30). The van der Waals surface area contributed by atoms with Gasteiger partial charge in [-0.2, -0.15) is 4.39 Å². The number of halogens is 2. The first-order chi connectivity index (χ1) is 15.1. The molecule has 31 heavy (non-hydrogen) atoms. The zero-order valence-electron chi connectivity index (χ0n) is 17.2. The highest BCUT2D eigenvalue weighted by atomic mass is 35.5. The summed E-state index contributed by atoms with van der Waals surface area (Å²) in [5, 5.41) is 9.48. The maximum atomic E-state index is 14.5. The summed E-state index contributed by atoms with van der Waals surface area (Å²) in [7, 11) is 0. The van der Waals surface area contributed by atoms with Gasteiger partial charge in [-0.1, -0.05) is 11.6 Å². The van der Waals surface area contributed by atoms with Crippen LogP contribution in [0.2, 0.25) is 5.02 Å². The van der Waals surface area contributed by atoms with Crippen LogP contribution in [-0.2, 0) is 9.53 Å². The van der Waals surface area contributed by atoms with Crippen molar-refractivity contribution in [2.45, 2.75) is 25.7 Å². The monoisotopic (exact) mass is 448 g/mol. The van der Waals surface area contributed by atoms with Gasteiger partial charge in [-0.3, -0.25) is 4.79 Å². The van der Waals surface area contributed by atoms with E-state index in [4.69, 9.17) is 16.3 Å². The molecule has 4 heterocycles. The number of nitrogens with one attached hydrogen (secondary N) is 3. The number of hydrogen-bond acceptors (Lipinski definition) is 7. The minimum atomic E-state index is -0.738. The third kappa shape index (κ3) is 5.66. The summed E-state index contributed by atoms with van der Waals surface area (Å²) in [5.74, 6) is 0.268. The van der Waals surface area contributed by atoms with Crippen LogP contribution in [-0.4, -0.2) is 53.7 Å². The molecule has 2 saturated heterocycles. The number of amides is 1. The summed E-state index contributed by atoms with van der Waals surface area (Å²) in [6.45, 7) is 3.77. The first-order valence-corrected chi connectivity index (χ1v) is 11.0. The van der Waals surface area contributed by atoms with E-state index in [-0.39, 0.29) is 22.5 Å². The Morgan fingerprint density at radius 3 is 2.84 bits per heavy atom. The first-order valence-electron chi connectivity index (χ1n) is 10.6. The zero-order chi connectivity index (χ0) is 21.6. The van der Waals surface area contributed by atoms with Crippen molar-refractivity contribution in [3.8, 4) is 11.3 Å². The van der Waals surface area contributed by atoms with Gasteiger partial charge in [-0.05, 0) is 44.2 Å². The maximum Gasteiger partial charge on any atom is 0.239 e. The lowest BCUT2D eigenvalue weighted by molar-refractivity contribution is -0.120. The largest absolute Gasteiger partial charge is 0.381 e. The van der Waals surface area contributed by atoms with Crippen molar-refractivity contribution in [1.82, 2.24) is 20.3 Å². The van der Waals surface area contributed by atoms with Crippen molar-refractivity contribution in [2.24, 2.45) is 11.8 Å². The topological polar surface area (TPSA) is 101 Å². The predicted molar refractivity (Wildman–Crippen MR) is 116 cm³/mol. The first kappa shape index (κ1) is 21.9. The molecule has 2 aliphatic rings. The molecule has 0 bridgehead atoms. The second-order valence-electron chi connectivity index (χ2n) is 7.91. The van der Waals surface area contributed by atoms with E-state index < -0.39 is 5.95 Å². The van der Waals surface area contributed by atoms with Gasteiger partial charge < -0.3 is 20.7 Å². The van der Waals surface area contributed by atoms with Gasteiger partial charge in [0.2, 0.25) is 11.9 Å². The van der Waals surface area contributed by atoms with Gasteiger partial charge in [0.05, 0.1) is 17.1 Å². The molecule has 2 aromatic heterocycles. The quantitative estimate of drug-likeness (QED) is 0.624. The Morgan fingerprint density at radius 1 is 1.23 bits per heavy atom. The number of carbonyl (C=O) groups excluding carboxylic acids is 1. The number of hydrogen-bond donors (Lipinski definition) is 3. The normalized spacial score (nSPS) is 19.7. The Bertz CT molecular complexity index is 919. The number of aromatic nitrogens is 3. The van der Waals surface area contributed by atoms with Crippen molar-refractivity contribution in [3.63, 3.8) is 0 Å². The molecule has 0 saturated carbocycles. The van der Waals surface area contributed by atoms with Crippen molar-refractivity contribution < 1.29 is 13.9 Å². The number of rotatable bonds is 6. The average Bonchev–Trinajstić information content (AvgIpc) is 2.81. The molecule has 0 aromatic carbocycles. The number of pyridine rings is 1. The minimum Gasteiger partial charge on any atom is -0.381 e. The Hall–Kier alpha value is -2.36. The summed E-state index contributed by atoms with van der Waals surface area (Å²) in [5.41, 5.74) is 0.340. The molecule has 8 nitrogen and oxygen atoms in total. The number of ether oxygens (including phenoxy) is 1. The Labute approximate surface area is 185 Å². The van der Waals surface area contributed by atoms with Crippen LogP contribution in [0.3, 0.4) is 0 Å². The fourth-order valence-electron chi connectivity index (χ4n) is 3.82. The zero-order valence-corrected chi connectivity index (χ0v) is 17.9. The van der Waals surface area contributed by atoms with E-state index in [1.807, 2.05) is 0 Å². The summed E-state index contributed by atoms with van der Waals surface area (Å²) in [4.78, 5) is 24.9. The van der Waals surface area contributed by atoms with Gasteiger partial charge in [0.15, 0.2) is 0 Å². The fraction of sp³-hybridized carbons (Fsp3) is 0.524. The molecular weight excluding hydrogens is 423 g/mol. The molecule has 0 aliphatic carbocycles. The lowest BCUT2D eigenvalue weighted by Crippen LogP contribution is -2.37. The molecule has 1 unspecified atom stereocenters. The summed E-state index contributed by atoms with van der Waals surface area (Å²) < 4.78 is 19.9. The SMILES string of the molecule is O=C(Nc1cc(-c2nc(NCC3CCOCC3)cnc2F)c(Cl)cn1)C1CCCNC1. The second-order valence-corrected chi connectivity index (χ2v) is 8.32. The molecule has 3 N–H and O–H groups in total.